The predicted octanol–water partition coefficient (Wildman–Crippen LogP) is 6.67. The summed E-state index contributed by atoms with van der Waals surface area (Å²) in [5.74, 6) is 0. The van der Waals surface area contributed by atoms with Gasteiger partial charge in [-0.25, -0.2) is 0 Å². The van der Waals surface area contributed by atoms with Crippen LogP contribution in [-0.2, 0) is 10.9 Å². The minimum absolute atomic E-state index is 0.104. The Kier molecular flexibility index (Phi) is 5.32. The zero-order valence-electron chi connectivity index (χ0n) is 13.3. The van der Waals surface area contributed by atoms with Crippen LogP contribution in [-0.4, -0.2) is 0 Å². The van der Waals surface area contributed by atoms with Crippen molar-refractivity contribution in [2.24, 2.45) is 0 Å². The molecule has 0 atom stereocenters. The molecule has 1 heterocycles. The number of allylic oxidation sites excluding steroid dienone is 2. The van der Waals surface area contributed by atoms with E-state index in [1.165, 1.54) is 38.8 Å². The van der Waals surface area contributed by atoms with Crippen molar-refractivity contribution < 1.29 is 0 Å². The van der Waals surface area contributed by atoms with Crippen molar-refractivity contribution >= 4 is 22.7 Å². The van der Waals surface area contributed by atoms with E-state index in [1.54, 1.807) is 4.91 Å². The molecule has 2 aromatic carbocycles. The Morgan fingerprint density at radius 3 is 2.09 bits per heavy atom. The summed E-state index contributed by atoms with van der Waals surface area (Å²) in [6.07, 6.45) is 7.42. The lowest BCUT2D eigenvalue weighted by molar-refractivity contribution is 0.811. The normalized spacial score (nSPS) is 14.5. The lowest BCUT2D eigenvalue weighted by Gasteiger charge is -2.20. The number of benzene rings is 2. The molecule has 22 heavy (non-hydrogen) atoms. The van der Waals surface area contributed by atoms with Crippen molar-refractivity contribution in [3.8, 4) is 0 Å². The van der Waals surface area contributed by atoms with Crippen LogP contribution in [0.3, 0.4) is 0 Å². The first-order valence-electron chi connectivity index (χ1n) is 8.14. The summed E-state index contributed by atoms with van der Waals surface area (Å²) < 4.78 is 0. The molecule has 0 amide bonds. The Morgan fingerprint density at radius 1 is 0.955 bits per heavy atom. The quantitative estimate of drug-likeness (QED) is 0.436. The number of fused-ring (bicyclic) bond motifs is 2. The second-order valence-corrected chi connectivity index (χ2v) is 8.57. The summed E-state index contributed by atoms with van der Waals surface area (Å²) in [5, 5.41) is 0. The van der Waals surface area contributed by atoms with Gasteiger partial charge in [0.2, 0.25) is 0 Å². The van der Waals surface area contributed by atoms with Gasteiger partial charge in [0.1, 0.15) is 4.91 Å². The highest BCUT2D eigenvalue weighted by Crippen LogP contribution is 2.48. The highest BCUT2D eigenvalue weighted by atomic mass is 32.2. The van der Waals surface area contributed by atoms with E-state index in [2.05, 4.69) is 68.5 Å². The summed E-state index contributed by atoms with van der Waals surface area (Å²) in [6.45, 7) is 4.57. The van der Waals surface area contributed by atoms with Crippen molar-refractivity contribution in [3.05, 3.63) is 59.5 Å². The van der Waals surface area contributed by atoms with E-state index in [1.807, 2.05) is 11.8 Å². The summed E-state index contributed by atoms with van der Waals surface area (Å²) >= 11 is 1.92. The summed E-state index contributed by atoms with van der Waals surface area (Å²) in [7, 11) is 0.104. The Hall–Kier alpha value is -1.12. The third-order valence-electron chi connectivity index (χ3n) is 3.90. The third kappa shape index (κ3) is 3.13. The average Bonchev–Trinajstić information content (AvgIpc) is 2.57. The van der Waals surface area contributed by atoms with Crippen LogP contribution in [0.15, 0.2) is 79.1 Å². The molecule has 114 valence electrons. The molecule has 0 saturated carbocycles. The molecule has 0 N–H and O–H groups in total. The van der Waals surface area contributed by atoms with Gasteiger partial charge >= 0.3 is 0 Å². The molecule has 3 rings (SSSR count). The topological polar surface area (TPSA) is 0 Å². The van der Waals surface area contributed by atoms with Crippen molar-refractivity contribution in [2.75, 3.05) is 0 Å². The van der Waals surface area contributed by atoms with Crippen molar-refractivity contribution in [1.29, 1.82) is 0 Å². The standard InChI is InChI=1S/C20H23S2/c1-3-5-6-11-16(4-2)22-19-14-9-7-12-17(19)21-18-13-8-10-15-20(18)22/h7-15H,3-6H2,1-2H3/q+1/b16-11-. The van der Waals surface area contributed by atoms with E-state index in [-0.39, 0.29) is 10.9 Å². The minimum atomic E-state index is 0.104. The van der Waals surface area contributed by atoms with Gasteiger partial charge < -0.3 is 0 Å². The highest BCUT2D eigenvalue weighted by molar-refractivity contribution is 8.05. The van der Waals surface area contributed by atoms with E-state index in [9.17, 15) is 0 Å². The number of hydrogen-bond acceptors (Lipinski definition) is 1. The van der Waals surface area contributed by atoms with Crippen LogP contribution < -0.4 is 0 Å². The molecule has 0 saturated heterocycles. The predicted molar refractivity (Wildman–Crippen MR) is 98.8 cm³/mol. The fourth-order valence-corrected chi connectivity index (χ4v) is 6.73. The molecule has 0 radical (unpaired) electrons. The van der Waals surface area contributed by atoms with Crippen molar-refractivity contribution in [1.82, 2.24) is 0 Å². The van der Waals surface area contributed by atoms with Gasteiger partial charge in [-0.2, -0.15) is 0 Å². The maximum atomic E-state index is 2.51. The lowest BCUT2D eigenvalue weighted by atomic mass is 10.2. The molecule has 0 bridgehead atoms. The lowest BCUT2D eigenvalue weighted by Crippen LogP contribution is -2.12. The maximum absolute atomic E-state index is 2.51. The molecular weight excluding hydrogens is 304 g/mol. The van der Waals surface area contributed by atoms with E-state index in [4.69, 9.17) is 0 Å². The van der Waals surface area contributed by atoms with Crippen LogP contribution >= 0.6 is 11.8 Å². The van der Waals surface area contributed by atoms with Crippen LogP contribution in [0.4, 0.5) is 0 Å². The van der Waals surface area contributed by atoms with Gasteiger partial charge in [-0.3, -0.25) is 0 Å². The summed E-state index contributed by atoms with van der Waals surface area (Å²) in [4.78, 5) is 7.49. The van der Waals surface area contributed by atoms with Crippen LogP contribution in [0.2, 0.25) is 0 Å². The Balaban J connectivity index is 2.07. The van der Waals surface area contributed by atoms with Gasteiger partial charge in [0.05, 0.1) is 20.7 Å². The van der Waals surface area contributed by atoms with Gasteiger partial charge in [-0.1, -0.05) is 56.3 Å². The van der Waals surface area contributed by atoms with Crippen LogP contribution in [0.25, 0.3) is 0 Å². The van der Waals surface area contributed by atoms with Crippen LogP contribution in [0.5, 0.6) is 0 Å². The van der Waals surface area contributed by atoms with Gasteiger partial charge in [-0.05, 0) is 43.2 Å². The first-order valence-corrected chi connectivity index (χ1v) is 10.2. The Labute approximate surface area is 141 Å². The maximum Gasteiger partial charge on any atom is 0.180 e. The van der Waals surface area contributed by atoms with E-state index in [0.29, 0.717) is 0 Å². The molecular formula is C20H23S2+. The molecule has 0 aliphatic carbocycles. The zero-order chi connectivity index (χ0) is 15.4. The largest absolute Gasteiger partial charge is 0.180 e. The van der Waals surface area contributed by atoms with E-state index < -0.39 is 0 Å². The Bertz CT molecular complexity index is 627. The molecule has 1 aliphatic heterocycles. The minimum Gasteiger partial charge on any atom is -0.0795 e. The van der Waals surface area contributed by atoms with Crippen LogP contribution in [0, 0.1) is 0 Å². The fourth-order valence-electron chi connectivity index (χ4n) is 2.76. The monoisotopic (exact) mass is 327 g/mol. The van der Waals surface area contributed by atoms with Gasteiger partial charge in [-0.15, -0.1) is 0 Å². The number of rotatable bonds is 5. The summed E-state index contributed by atoms with van der Waals surface area (Å²) in [5.41, 5.74) is 0. The molecule has 2 heteroatoms. The van der Waals surface area contributed by atoms with Gasteiger partial charge in [0.15, 0.2) is 9.79 Å². The van der Waals surface area contributed by atoms with Gasteiger partial charge in [0, 0.05) is 6.42 Å². The molecule has 0 aromatic heterocycles. The van der Waals surface area contributed by atoms with Crippen LogP contribution in [0.1, 0.15) is 39.5 Å². The molecule has 2 aromatic rings. The van der Waals surface area contributed by atoms with Crippen molar-refractivity contribution in [2.45, 2.75) is 59.1 Å². The highest BCUT2D eigenvalue weighted by Gasteiger charge is 2.38. The molecule has 0 spiro atoms. The first-order chi connectivity index (χ1) is 10.8. The molecule has 0 fully saturated rings. The SMILES string of the molecule is CCCC/C=C(/CC)[S+]1c2ccccc2Sc2ccccc21. The molecule has 0 unspecified atom stereocenters. The Morgan fingerprint density at radius 2 is 1.55 bits per heavy atom. The van der Waals surface area contributed by atoms with E-state index >= 15 is 0 Å². The molecule has 1 aliphatic rings. The van der Waals surface area contributed by atoms with Gasteiger partial charge in [0.25, 0.3) is 0 Å². The van der Waals surface area contributed by atoms with Crippen molar-refractivity contribution in [3.63, 3.8) is 0 Å². The second kappa shape index (κ2) is 7.43. The number of unbranched alkanes of at least 4 members (excludes halogenated alkanes) is 2. The summed E-state index contributed by atoms with van der Waals surface area (Å²) in [6, 6.07) is 17.9. The second-order valence-electron chi connectivity index (χ2n) is 5.47. The van der Waals surface area contributed by atoms with E-state index in [0.717, 1.165) is 6.42 Å². The zero-order valence-corrected chi connectivity index (χ0v) is 15.0. The third-order valence-corrected chi connectivity index (χ3v) is 7.88. The average molecular weight is 328 g/mol. The fraction of sp³-hybridized carbons (Fsp3) is 0.300. The number of hydrogen-bond donors (Lipinski definition) is 0. The smallest absolute Gasteiger partial charge is 0.0795 e. The first kappa shape index (κ1) is 15.8. The molecule has 0 nitrogen and oxygen atoms in total.